The first-order valence-corrected chi connectivity index (χ1v) is 8.60. The number of benzene rings is 1. The Kier molecular flexibility index (Phi) is 5.63. The third kappa shape index (κ3) is 4.80. The van der Waals surface area contributed by atoms with Crippen molar-refractivity contribution in [1.29, 1.82) is 0 Å². The molecule has 8 heteroatoms. The molecule has 25 heavy (non-hydrogen) atoms. The van der Waals surface area contributed by atoms with Gasteiger partial charge in [0, 0.05) is 36.8 Å². The molecule has 130 valence electrons. The third-order valence-corrected chi connectivity index (χ3v) is 4.23. The van der Waals surface area contributed by atoms with Crippen LogP contribution in [0, 0.1) is 0 Å². The summed E-state index contributed by atoms with van der Waals surface area (Å²) >= 11 is 1.52. The van der Waals surface area contributed by atoms with E-state index < -0.39 is 0 Å². The summed E-state index contributed by atoms with van der Waals surface area (Å²) in [6.07, 6.45) is 4.21. The van der Waals surface area contributed by atoms with Crippen LogP contribution in [0.1, 0.15) is 5.69 Å². The molecule has 0 saturated heterocycles. The molecule has 1 amide bonds. The summed E-state index contributed by atoms with van der Waals surface area (Å²) in [7, 11) is 1.59. The summed E-state index contributed by atoms with van der Waals surface area (Å²) in [5.41, 5.74) is 0.921. The number of nitrogens with one attached hydrogen (secondary N) is 1. The number of nitrogens with zero attached hydrogens (tertiary/aromatic N) is 3. The van der Waals surface area contributed by atoms with Crippen LogP contribution >= 0.6 is 11.3 Å². The lowest BCUT2D eigenvalue weighted by Gasteiger charge is -2.08. The molecule has 0 radical (unpaired) electrons. The quantitative estimate of drug-likeness (QED) is 0.667. The molecule has 0 aliphatic carbocycles. The van der Waals surface area contributed by atoms with Gasteiger partial charge < -0.3 is 14.8 Å². The Bertz CT molecular complexity index is 817. The molecular formula is C17H18N4O3S. The van der Waals surface area contributed by atoms with Crippen LogP contribution in [0.3, 0.4) is 0 Å². The van der Waals surface area contributed by atoms with E-state index in [-0.39, 0.29) is 12.5 Å². The van der Waals surface area contributed by atoms with Crippen molar-refractivity contribution in [3.8, 4) is 16.6 Å². The van der Waals surface area contributed by atoms with Gasteiger partial charge in [0.25, 0.3) is 5.91 Å². The average molecular weight is 358 g/mol. The van der Waals surface area contributed by atoms with E-state index in [4.69, 9.17) is 9.47 Å². The number of hydrogen-bond acceptors (Lipinski definition) is 6. The van der Waals surface area contributed by atoms with Crippen LogP contribution in [-0.4, -0.2) is 40.9 Å². The number of carbonyl (C=O) groups is 1. The molecule has 0 aliphatic rings. The van der Waals surface area contributed by atoms with Gasteiger partial charge in [0.1, 0.15) is 11.5 Å². The van der Waals surface area contributed by atoms with Gasteiger partial charge in [0.05, 0.1) is 12.8 Å². The average Bonchev–Trinajstić information content (AvgIpc) is 3.31. The molecule has 0 unspecified atom stereocenters. The first-order valence-electron chi connectivity index (χ1n) is 7.72. The molecule has 3 rings (SSSR count). The number of methoxy groups -OCH3 is 1. The van der Waals surface area contributed by atoms with Crippen LogP contribution < -0.4 is 14.8 Å². The van der Waals surface area contributed by atoms with Gasteiger partial charge >= 0.3 is 0 Å². The Morgan fingerprint density at radius 2 is 2.20 bits per heavy atom. The summed E-state index contributed by atoms with van der Waals surface area (Å²) in [5.74, 6) is 1.11. The second kappa shape index (κ2) is 8.29. The third-order valence-electron chi connectivity index (χ3n) is 3.35. The summed E-state index contributed by atoms with van der Waals surface area (Å²) in [6.45, 7) is 0.464. The highest BCUT2D eigenvalue weighted by Crippen LogP contribution is 2.18. The van der Waals surface area contributed by atoms with E-state index in [1.54, 1.807) is 30.1 Å². The largest absolute Gasteiger partial charge is 0.497 e. The Morgan fingerprint density at radius 3 is 3.00 bits per heavy atom. The predicted molar refractivity (Wildman–Crippen MR) is 94.4 cm³/mol. The van der Waals surface area contributed by atoms with Crippen molar-refractivity contribution in [2.75, 3.05) is 20.3 Å². The Morgan fingerprint density at radius 1 is 1.32 bits per heavy atom. The van der Waals surface area contributed by atoms with Crippen molar-refractivity contribution in [2.24, 2.45) is 0 Å². The van der Waals surface area contributed by atoms with Crippen molar-refractivity contribution in [3.05, 3.63) is 53.8 Å². The van der Waals surface area contributed by atoms with E-state index in [1.165, 1.54) is 11.3 Å². The van der Waals surface area contributed by atoms with E-state index in [0.29, 0.717) is 24.5 Å². The highest BCUT2D eigenvalue weighted by Gasteiger charge is 2.06. The van der Waals surface area contributed by atoms with Gasteiger partial charge in [-0.15, -0.1) is 11.3 Å². The zero-order valence-corrected chi connectivity index (χ0v) is 14.5. The first-order chi connectivity index (χ1) is 12.2. The Balaban J connectivity index is 1.40. The van der Waals surface area contributed by atoms with Crippen LogP contribution in [-0.2, 0) is 11.2 Å². The minimum atomic E-state index is -0.176. The van der Waals surface area contributed by atoms with E-state index in [2.05, 4.69) is 15.4 Å². The molecule has 0 bridgehead atoms. The van der Waals surface area contributed by atoms with Crippen molar-refractivity contribution in [1.82, 2.24) is 20.1 Å². The highest BCUT2D eigenvalue weighted by molar-refractivity contribution is 7.12. The van der Waals surface area contributed by atoms with Gasteiger partial charge in [-0.25, -0.2) is 9.67 Å². The molecule has 0 fully saturated rings. The lowest BCUT2D eigenvalue weighted by atomic mass is 10.3. The van der Waals surface area contributed by atoms with E-state index in [0.717, 1.165) is 10.8 Å². The van der Waals surface area contributed by atoms with E-state index >= 15 is 0 Å². The minimum Gasteiger partial charge on any atom is -0.497 e. The van der Waals surface area contributed by atoms with Crippen molar-refractivity contribution < 1.29 is 14.3 Å². The fourth-order valence-corrected chi connectivity index (χ4v) is 2.92. The Labute approximate surface area is 149 Å². The summed E-state index contributed by atoms with van der Waals surface area (Å²) < 4.78 is 12.3. The first kappa shape index (κ1) is 17.0. The summed E-state index contributed by atoms with van der Waals surface area (Å²) in [6, 6.07) is 8.99. The standard InChI is InChI=1S/C17H18N4O3S/c1-23-14-4-2-5-15(10-14)24-11-16(22)18-8-6-13-12-25-17(20-13)21-9-3-7-19-21/h2-5,7,9-10,12H,6,8,11H2,1H3,(H,18,22). The Hall–Kier alpha value is -2.87. The highest BCUT2D eigenvalue weighted by atomic mass is 32.1. The smallest absolute Gasteiger partial charge is 0.257 e. The normalized spacial score (nSPS) is 10.4. The molecule has 2 aromatic heterocycles. The maximum atomic E-state index is 11.9. The molecule has 0 atom stereocenters. The number of thiazole rings is 1. The SMILES string of the molecule is COc1cccc(OCC(=O)NCCc2csc(-n3cccn3)n2)c1. The number of carbonyl (C=O) groups excluding carboxylic acids is 1. The van der Waals surface area contributed by atoms with Gasteiger partial charge in [-0.1, -0.05) is 6.07 Å². The van der Waals surface area contributed by atoms with Gasteiger partial charge in [0.15, 0.2) is 6.61 Å². The zero-order valence-electron chi connectivity index (χ0n) is 13.7. The molecule has 2 heterocycles. The van der Waals surface area contributed by atoms with Gasteiger partial charge in [-0.2, -0.15) is 5.10 Å². The van der Waals surface area contributed by atoms with Crippen LogP contribution in [0.5, 0.6) is 11.5 Å². The van der Waals surface area contributed by atoms with Crippen LogP contribution in [0.4, 0.5) is 0 Å². The lowest BCUT2D eigenvalue weighted by Crippen LogP contribution is -2.30. The molecule has 7 nitrogen and oxygen atoms in total. The number of aromatic nitrogens is 3. The topological polar surface area (TPSA) is 78.3 Å². The monoisotopic (exact) mass is 358 g/mol. The van der Waals surface area contributed by atoms with Gasteiger partial charge in [-0.3, -0.25) is 4.79 Å². The summed E-state index contributed by atoms with van der Waals surface area (Å²) in [4.78, 5) is 16.3. The van der Waals surface area contributed by atoms with Crippen molar-refractivity contribution in [3.63, 3.8) is 0 Å². The molecule has 1 aromatic carbocycles. The summed E-state index contributed by atoms with van der Waals surface area (Å²) in [5, 5.41) is 9.75. The number of amides is 1. The van der Waals surface area contributed by atoms with E-state index in [9.17, 15) is 4.79 Å². The second-order valence-electron chi connectivity index (χ2n) is 5.14. The second-order valence-corrected chi connectivity index (χ2v) is 5.98. The zero-order chi connectivity index (χ0) is 17.5. The fraction of sp³-hybridized carbons (Fsp3) is 0.235. The van der Waals surface area contributed by atoms with Crippen LogP contribution in [0.15, 0.2) is 48.1 Å². The molecule has 3 aromatic rings. The number of hydrogen-bond donors (Lipinski definition) is 1. The molecule has 1 N–H and O–H groups in total. The predicted octanol–water partition coefficient (Wildman–Crippen LogP) is 2.08. The molecule has 0 aliphatic heterocycles. The minimum absolute atomic E-state index is 0.0389. The number of rotatable bonds is 8. The molecule has 0 spiro atoms. The maximum absolute atomic E-state index is 11.9. The maximum Gasteiger partial charge on any atom is 0.257 e. The van der Waals surface area contributed by atoms with Gasteiger partial charge in [-0.05, 0) is 18.2 Å². The molecule has 0 saturated carbocycles. The molecular weight excluding hydrogens is 340 g/mol. The number of ether oxygens (including phenoxy) is 2. The fourth-order valence-electron chi connectivity index (χ4n) is 2.12. The van der Waals surface area contributed by atoms with Crippen molar-refractivity contribution in [2.45, 2.75) is 6.42 Å². The van der Waals surface area contributed by atoms with E-state index in [1.807, 2.05) is 29.8 Å². The van der Waals surface area contributed by atoms with Gasteiger partial charge in [0.2, 0.25) is 5.13 Å². The van der Waals surface area contributed by atoms with Crippen LogP contribution in [0.25, 0.3) is 5.13 Å². The van der Waals surface area contributed by atoms with Crippen LogP contribution in [0.2, 0.25) is 0 Å². The van der Waals surface area contributed by atoms with Crippen molar-refractivity contribution >= 4 is 17.2 Å². The lowest BCUT2D eigenvalue weighted by molar-refractivity contribution is -0.123.